The second kappa shape index (κ2) is 4.73. The van der Waals surface area contributed by atoms with Crippen LogP contribution in [0.2, 0.25) is 0 Å². The Morgan fingerprint density at radius 2 is 2.40 bits per heavy atom. The fraction of sp³-hybridized carbons (Fsp3) is 0.500. The number of hydrogen-bond donors (Lipinski definition) is 1. The summed E-state index contributed by atoms with van der Waals surface area (Å²) >= 11 is 0. The normalized spacial score (nSPS) is 22.1. The van der Waals surface area contributed by atoms with Gasteiger partial charge in [0.2, 0.25) is 0 Å². The third-order valence-electron chi connectivity index (χ3n) is 2.98. The van der Waals surface area contributed by atoms with E-state index in [-0.39, 0.29) is 5.82 Å². The first-order valence-electron chi connectivity index (χ1n) is 5.42. The van der Waals surface area contributed by atoms with E-state index in [0.717, 1.165) is 25.2 Å². The van der Waals surface area contributed by atoms with E-state index in [1.807, 2.05) is 13.1 Å². The molecule has 0 aromatic heterocycles. The molecule has 0 amide bonds. The predicted octanol–water partition coefficient (Wildman–Crippen LogP) is 1.62. The summed E-state index contributed by atoms with van der Waals surface area (Å²) in [5.74, 6) is -0.142. The number of likely N-dealkylation sites (tertiary alicyclic amines) is 1. The second-order valence-corrected chi connectivity index (χ2v) is 4.14. The Balaban J connectivity index is 1.92. The van der Waals surface area contributed by atoms with E-state index in [1.165, 1.54) is 12.5 Å². The Morgan fingerprint density at radius 3 is 3.07 bits per heavy atom. The third kappa shape index (κ3) is 2.76. The molecule has 0 aliphatic carbocycles. The fourth-order valence-corrected chi connectivity index (χ4v) is 2.11. The lowest BCUT2D eigenvalue weighted by atomic mass is 10.2. The molecule has 1 aromatic carbocycles. The van der Waals surface area contributed by atoms with Crippen molar-refractivity contribution in [1.82, 2.24) is 10.2 Å². The second-order valence-electron chi connectivity index (χ2n) is 4.14. The lowest BCUT2D eigenvalue weighted by molar-refractivity contribution is 0.322. The van der Waals surface area contributed by atoms with E-state index < -0.39 is 0 Å². The van der Waals surface area contributed by atoms with Crippen LogP contribution >= 0.6 is 0 Å². The van der Waals surface area contributed by atoms with Gasteiger partial charge in [-0.05, 0) is 31.2 Å². The Labute approximate surface area is 90.1 Å². The summed E-state index contributed by atoms with van der Waals surface area (Å²) in [5.41, 5.74) is 1.06. The highest BCUT2D eigenvalue weighted by Gasteiger charge is 2.20. The summed E-state index contributed by atoms with van der Waals surface area (Å²) in [6.45, 7) is 3.02. The van der Waals surface area contributed by atoms with E-state index in [2.05, 4.69) is 10.2 Å². The minimum atomic E-state index is -0.142. The summed E-state index contributed by atoms with van der Waals surface area (Å²) < 4.78 is 13.0. The van der Waals surface area contributed by atoms with Crippen LogP contribution in [-0.4, -0.2) is 31.1 Å². The van der Waals surface area contributed by atoms with Crippen molar-refractivity contribution in [3.8, 4) is 0 Å². The van der Waals surface area contributed by atoms with Crippen LogP contribution in [0.1, 0.15) is 12.0 Å². The molecule has 1 unspecified atom stereocenters. The van der Waals surface area contributed by atoms with Crippen molar-refractivity contribution in [2.24, 2.45) is 0 Å². The molecule has 2 rings (SSSR count). The van der Waals surface area contributed by atoms with Crippen molar-refractivity contribution >= 4 is 0 Å². The Kier molecular flexibility index (Phi) is 3.34. The maximum atomic E-state index is 13.0. The number of nitrogens with one attached hydrogen (secondary N) is 1. The van der Waals surface area contributed by atoms with Gasteiger partial charge in [-0.1, -0.05) is 12.1 Å². The zero-order valence-electron chi connectivity index (χ0n) is 9.04. The van der Waals surface area contributed by atoms with Crippen LogP contribution in [0.3, 0.4) is 0 Å². The monoisotopic (exact) mass is 208 g/mol. The maximum absolute atomic E-state index is 13.0. The smallest absolute Gasteiger partial charge is 0.123 e. The van der Waals surface area contributed by atoms with Gasteiger partial charge in [0.25, 0.3) is 0 Å². The number of nitrogens with zero attached hydrogens (tertiary/aromatic N) is 1. The molecule has 15 heavy (non-hydrogen) atoms. The molecule has 0 bridgehead atoms. The van der Waals surface area contributed by atoms with Gasteiger partial charge >= 0.3 is 0 Å². The van der Waals surface area contributed by atoms with Gasteiger partial charge in [-0.25, -0.2) is 4.39 Å². The number of hydrogen-bond acceptors (Lipinski definition) is 2. The molecule has 1 aliphatic heterocycles. The van der Waals surface area contributed by atoms with Crippen LogP contribution < -0.4 is 5.32 Å². The third-order valence-corrected chi connectivity index (χ3v) is 2.98. The molecule has 0 radical (unpaired) electrons. The summed E-state index contributed by atoms with van der Waals surface area (Å²) in [5, 5.41) is 3.28. The maximum Gasteiger partial charge on any atom is 0.123 e. The zero-order chi connectivity index (χ0) is 10.7. The molecule has 1 heterocycles. The minimum absolute atomic E-state index is 0.142. The van der Waals surface area contributed by atoms with Gasteiger partial charge in [0.15, 0.2) is 0 Å². The van der Waals surface area contributed by atoms with Gasteiger partial charge in [0.1, 0.15) is 5.82 Å². The molecule has 1 aromatic rings. The van der Waals surface area contributed by atoms with Gasteiger partial charge < -0.3 is 5.32 Å². The standard InChI is InChI=1S/C12H17FN2/c1-14-12-5-6-15(9-12)8-10-3-2-4-11(13)7-10/h2-4,7,12,14H,5-6,8-9H2,1H3. The molecule has 82 valence electrons. The summed E-state index contributed by atoms with van der Waals surface area (Å²) in [6, 6.07) is 7.46. The van der Waals surface area contributed by atoms with Crippen molar-refractivity contribution in [2.45, 2.75) is 19.0 Å². The molecule has 0 spiro atoms. The highest BCUT2D eigenvalue weighted by atomic mass is 19.1. The SMILES string of the molecule is CNC1CCN(Cc2cccc(F)c2)C1. The summed E-state index contributed by atoms with van der Waals surface area (Å²) in [7, 11) is 2.00. The average Bonchev–Trinajstić information content (AvgIpc) is 2.65. The fourth-order valence-electron chi connectivity index (χ4n) is 2.11. The molecule has 2 nitrogen and oxygen atoms in total. The van der Waals surface area contributed by atoms with Gasteiger partial charge in [0, 0.05) is 25.7 Å². The predicted molar refractivity (Wildman–Crippen MR) is 59.1 cm³/mol. The van der Waals surface area contributed by atoms with Crippen LogP contribution in [0.25, 0.3) is 0 Å². The van der Waals surface area contributed by atoms with E-state index in [9.17, 15) is 4.39 Å². The molecule has 0 saturated carbocycles. The minimum Gasteiger partial charge on any atom is -0.316 e. The molecule has 1 atom stereocenters. The van der Waals surface area contributed by atoms with Gasteiger partial charge in [-0.3, -0.25) is 4.90 Å². The van der Waals surface area contributed by atoms with Crippen molar-refractivity contribution < 1.29 is 4.39 Å². The highest BCUT2D eigenvalue weighted by molar-refractivity contribution is 5.16. The van der Waals surface area contributed by atoms with E-state index >= 15 is 0 Å². The quantitative estimate of drug-likeness (QED) is 0.812. The molecular weight excluding hydrogens is 191 g/mol. The van der Waals surface area contributed by atoms with Crippen molar-refractivity contribution in [3.05, 3.63) is 35.6 Å². The van der Waals surface area contributed by atoms with E-state index in [1.54, 1.807) is 12.1 Å². The Morgan fingerprint density at radius 1 is 1.53 bits per heavy atom. The van der Waals surface area contributed by atoms with Crippen LogP contribution in [0.15, 0.2) is 24.3 Å². The number of halogens is 1. The molecule has 3 heteroatoms. The molecule has 1 N–H and O–H groups in total. The first kappa shape index (κ1) is 10.6. The van der Waals surface area contributed by atoms with Crippen LogP contribution in [-0.2, 0) is 6.54 Å². The topological polar surface area (TPSA) is 15.3 Å². The van der Waals surface area contributed by atoms with Crippen LogP contribution in [0.5, 0.6) is 0 Å². The first-order valence-corrected chi connectivity index (χ1v) is 5.42. The molecule has 1 saturated heterocycles. The Hall–Kier alpha value is -0.930. The van der Waals surface area contributed by atoms with E-state index in [4.69, 9.17) is 0 Å². The Bertz CT molecular complexity index is 327. The van der Waals surface area contributed by atoms with Crippen molar-refractivity contribution in [1.29, 1.82) is 0 Å². The van der Waals surface area contributed by atoms with Gasteiger partial charge in [0.05, 0.1) is 0 Å². The summed E-state index contributed by atoms with van der Waals surface area (Å²) in [6.07, 6.45) is 1.19. The van der Waals surface area contributed by atoms with E-state index in [0.29, 0.717) is 6.04 Å². The average molecular weight is 208 g/mol. The number of likely N-dealkylation sites (N-methyl/N-ethyl adjacent to an activating group) is 1. The van der Waals surface area contributed by atoms with Gasteiger partial charge in [-0.2, -0.15) is 0 Å². The van der Waals surface area contributed by atoms with Crippen molar-refractivity contribution in [3.63, 3.8) is 0 Å². The number of rotatable bonds is 3. The lowest BCUT2D eigenvalue weighted by Crippen LogP contribution is -2.29. The molecule has 1 aliphatic rings. The molecule has 1 fully saturated rings. The first-order chi connectivity index (χ1) is 7.28. The van der Waals surface area contributed by atoms with Gasteiger partial charge in [-0.15, -0.1) is 0 Å². The summed E-state index contributed by atoms with van der Waals surface area (Å²) in [4.78, 5) is 2.36. The number of benzene rings is 1. The largest absolute Gasteiger partial charge is 0.316 e. The zero-order valence-corrected chi connectivity index (χ0v) is 9.04. The lowest BCUT2D eigenvalue weighted by Gasteiger charge is -2.15. The highest BCUT2D eigenvalue weighted by Crippen LogP contribution is 2.13. The van der Waals surface area contributed by atoms with Crippen LogP contribution in [0.4, 0.5) is 4.39 Å². The van der Waals surface area contributed by atoms with Crippen molar-refractivity contribution in [2.75, 3.05) is 20.1 Å². The molecular formula is C12H17FN2. The van der Waals surface area contributed by atoms with Crippen LogP contribution in [0, 0.1) is 5.82 Å².